The molecule has 0 aromatic heterocycles. The second-order valence-corrected chi connectivity index (χ2v) is 17.4. The second-order valence-electron chi connectivity index (χ2n) is 16.2. The summed E-state index contributed by atoms with van der Waals surface area (Å²) in [5, 5.41) is 23.6. The Morgan fingerprint density at radius 3 is 2.32 bits per heavy atom. The first kappa shape index (κ1) is 43.6. The van der Waals surface area contributed by atoms with Crippen LogP contribution in [0.25, 0.3) is 0 Å². The van der Waals surface area contributed by atoms with Gasteiger partial charge in [-0.25, -0.2) is 4.79 Å². The summed E-state index contributed by atoms with van der Waals surface area (Å²) in [5.74, 6) is -4.74. The number of ketones is 2. The van der Waals surface area contributed by atoms with E-state index >= 15 is 0 Å². The van der Waals surface area contributed by atoms with Gasteiger partial charge >= 0.3 is 5.97 Å². The zero-order valence-electron chi connectivity index (χ0n) is 33.2. The van der Waals surface area contributed by atoms with E-state index in [1.54, 1.807) is 28.1 Å². The first-order valence-electron chi connectivity index (χ1n) is 19.8. The Kier molecular flexibility index (Phi) is 16.2. The molecular weight excluding hydrogens is 699 g/mol. The summed E-state index contributed by atoms with van der Waals surface area (Å²) >= 11 is 1.91. The summed E-state index contributed by atoms with van der Waals surface area (Å²) in [6, 6.07) is -1.07. The molecule has 300 valence electrons. The number of allylic oxidation sites excluding steroid dienone is 3. The number of thioether (sulfide) groups is 1. The van der Waals surface area contributed by atoms with Gasteiger partial charge in [0.15, 0.2) is 0 Å². The number of rotatable bonds is 5. The van der Waals surface area contributed by atoms with Crippen LogP contribution >= 0.6 is 11.8 Å². The number of fused-ring (bicyclic) bond motifs is 3. The van der Waals surface area contributed by atoms with E-state index in [0.717, 1.165) is 35.5 Å². The fourth-order valence-corrected chi connectivity index (χ4v) is 9.87. The Balaban J connectivity index is 1.76. The Hall–Kier alpha value is -2.09. The number of ether oxygens (including phenoxy) is 4. The van der Waals surface area contributed by atoms with Crippen molar-refractivity contribution >= 4 is 35.2 Å². The van der Waals surface area contributed by atoms with Gasteiger partial charge in [0.05, 0.1) is 18.3 Å². The van der Waals surface area contributed by atoms with Gasteiger partial charge < -0.3 is 34.1 Å². The minimum atomic E-state index is -2.47. The summed E-state index contributed by atoms with van der Waals surface area (Å²) in [6.45, 7) is 11.5. The molecule has 0 spiro atoms. The number of Topliss-reactive ketones (excluding diaryl/α,β-unsaturated/α-hetero) is 2. The summed E-state index contributed by atoms with van der Waals surface area (Å²) in [4.78, 5) is 57.4. The molecule has 0 aromatic rings. The van der Waals surface area contributed by atoms with Crippen molar-refractivity contribution in [3.8, 4) is 0 Å². The maximum absolute atomic E-state index is 14.2. The molecular formula is C41H65NO10S. The number of hydrogen-bond donors (Lipinski definition) is 2. The topological polar surface area (TPSA) is 149 Å². The number of aliphatic hydroxyl groups excluding tert-OH is 1. The second kappa shape index (κ2) is 19.7. The lowest BCUT2D eigenvalue weighted by atomic mass is 9.82. The van der Waals surface area contributed by atoms with Crippen LogP contribution in [0.3, 0.4) is 0 Å². The van der Waals surface area contributed by atoms with E-state index in [4.69, 9.17) is 18.9 Å². The van der Waals surface area contributed by atoms with Crippen molar-refractivity contribution in [3.05, 3.63) is 23.3 Å². The lowest BCUT2D eigenvalue weighted by molar-refractivity contribution is -0.302. The van der Waals surface area contributed by atoms with Gasteiger partial charge in [-0.2, -0.15) is 11.8 Å². The largest absolute Gasteiger partial charge is 0.456 e. The van der Waals surface area contributed by atoms with E-state index in [1.807, 2.05) is 38.6 Å². The zero-order chi connectivity index (χ0) is 39.0. The van der Waals surface area contributed by atoms with Crippen molar-refractivity contribution in [1.82, 2.24) is 4.90 Å². The highest BCUT2D eigenvalue weighted by Crippen LogP contribution is 2.39. The normalized spacial score (nSPS) is 39.4. The van der Waals surface area contributed by atoms with Gasteiger partial charge in [0.2, 0.25) is 5.79 Å². The molecule has 3 saturated heterocycles. The summed E-state index contributed by atoms with van der Waals surface area (Å²) in [7, 11) is 3.09. The summed E-state index contributed by atoms with van der Waals surface area (Å²) in [5.41, 5.74) is 1.81. The number of amides is 1. The molecule has 4 rings (SSSR count). The van der Waals surface area contributed by atoms with E-state index in [1.165, 1.54) is 4.90 Å². The summed E-state index contributed by atoms with van der Waals surface area (Å²) in [6.07, 6.45) is 5.55. The number of hydrogen-bond acceptors (Lipinski definition) is 11. The van der Waals surface area contributed by atoms with Crippen molar-refractivity contribution in [2.75, 3.05) is 32.3 Å². The molecule has 1 amide bonds. The molecule has 0 radical (unpaired) electrons. The fourth-order valence-electron chi connectivity index (χ4n) is 8.72. The van der Waals surface area contributed by atoms with Gasteiger partial charge in [0.25, 0.3) is 11.7 Å². The molecule has 11 nitrogen and oxygen atoms in total. The van der Waals surface area contributed by atoms with Crippen LogP contribution in [-0.2, 0) is 38.1 Å². The molecule has 3 fully saturated rings. The number of cyclic esters (lactones) is 1. The number of carbonyl (C=O) groups excluding carboxylic acids is 4. The first-order chi connectivity index (χ1) is 25.1. The van der Waals surface area contributed by atoms with E-state index in [0.29, 0.717) is 38.0 Å². The third-order valence-electron chi connectivity index (χ3n) is 12.1. The van der Waals surface area contributed by atoms with Crippen LogP contribution in [0.5, 0.6) is 0 Å². The minimum Gasteiger partial charge on any atom is -0.456 e. The van der Waals surface area contributed by atoms with Gasteiger partial charge in [0, 0.05) is 44.9 Å². The maximum Gasteiger partial charge on any atom is 0.329 e. The van der Waals surface area contributed by atoms with E-state index in [-0.39, 0.29) is 37.5 Å². The number of piperidine rings is 1. The van der Waals surface area contributed by atoms with Crippen LogP contribution in [0.2, 0.25) is 0 Å². The molecule has 4 aliphatic heterocycles. The molecule has 11 atom stereocenters. The Bertz CT molecular complexity index is 1350. The lowest BCUT2D eigenvalue weighted by Crippen LogP contribution is -2.64. The van der Waals surface area contributed by atoms with Crippen LogP contribution in [-0.4, -0.2) is 113 Å². The number of aliphatic hydroxyl groups is 2. The standard InChI is InChI=1S/C41H65NO10S/c1-9-30-19-24(2)18-25(3)20-34(49-7)37-35(50-8)22-27(5)41(48,52-37)38(45)39(46)42-15-11-10-12-31(42)40(47)51-36(28(6)32(43)23-33(30)44)26(4)21-29-13-16-53-17-14-29/h19,21,25,27-32,34-37,43,48H,9-18,20,22-23H2,1-8H3/b24-19+,26-21+/t25-,27+,28+,30+,31-,32-,34-,35-,36-,37+,41+/m0/s1. The number of carbonyl (C=O) groups is 4. The van der Waals surface area contributed by atoms with Crippen LogP contribution in [0.1, 0.15) is 106 Å². The highest BCUT2D eigenvalue weighted by atomic mass is 32.2. The highest BCUT2D eigenvalue weighted by molar-refractivity contribution is 7.99. The molecule has 0 aliphatic carbocycles. The highest BCUT2D eigenvalue weighted by Gasteiger charge is 2.56. The predicted molar refractivity (Wildman–Crippen MR) is 204 cm³/mol. The molecule has 2 N–H and O–H groups in total. The average Bonchev–Trinajstić information content (AvgIpc) is 3.14. The molecule has 4 aliphatic rings. The van der Waals surface area contributed by atoms with Gasteiger partial charge in [-0.3, -0.25) is 14.4 Å². The van der Waals surface area contributed by atoms with Crippen LogP contribution < -0.4 is 0 Å². The smallest absolute Gasteiger partial charge is 0.329 e. The van der Waals surface area contributed by atoms with Crippen molar-refractivity contribution in [2.45, 2.75) is 148 Å². The molecule has 4 heterocycles. The third kappa shape index (κ3) is 10.6. The van der Waals surface area contributed by atoms with Crippen molar-refractivity contribution in [3.63, 3.8) is 0 Å². The van der Waals surface area contributed by atoms with Crippen LogP contribution in [0.4, 0.5) is 0 Å². The van der Waals surface area contributed by atoms with E-state index < -0.39 is 77.8 Å². The Labute approximate surface area is 321 Å². The Morgan fingerprint density at radius 1 is 1.02 bits per heavy atom. The number of nitrogens with zero attached hydrogens (tertiary/aromatic N) is 1. The first-order valence-corrected chi connectivity index (χ1v) is 21.0. The van der Waals surface area contributed by atoms with Gasteiger partial charge in [0.1, 0.15) is 24.0 Å². The van der Waals surface area contributed by atoms with Crippen LogP contribution in [0.15, 0.2) is 23.3 Å². The molecule has 0 aromatic carbocycles. The molecule has 2 bridgehead atoms. The average molecular weight is 764 g/mol. The zero-order valence-corrected chi connectivity index (χ0v) is 34.0. The quantitative estimate of drug-likeness (QED) is 0.210. The number of methoxy groups -OCH3 is 2. The minimum absolute atomic E-state index is 0.0601. The predicted octanol–water partition coefficient (Wildman–Crippen LogP) is 5.44. The molecule has 0 unspecified atom stereocenters. The van der Waals surface area contributed by atoms with Gasteiger partial charge in [-0.15, -0.1) is 0 Å². The number of esters is 1. The van der Waals surface area contributed by atoms with Crippen molar-refractivity contribution in [2.24, 2.45) is 29.6 Å². The SMILES string of the molecule is CC[C@@H]1/C=C(\C)C[C@H](C)C[C@H](OC)[C@H]2O[C@@](O)(C(=O)C(=O)N3CCCC[C@H]3C(=O)O[C@@H](/C(C)=C/C3CCSCC3)[C@H](C)[C@@H](O)CC1=O)[C@H](C)C[C@@H]2OC. The van der Waals surface area contributed by atoms with Gasteiger partial charge in [-0.05, 0) is 101 Å². The van der Waals surface area contributed by atoms with Crippen molar-refractivity contribution in [1.29, 1.82) is 0 Å². The fraction of sp³-hybridized carbons (Fsp3) is 0.805. The Morgan fingerprint density at radius 2 is 1.68 bits per heavy atom. The van der Waals surface area contributed by atoms with E-state index in [9.17, 15) is 29.4 Å². The molecule has 12 heteroatoms. The summed E-state index contributed by atoms with van der Waals surface area (Å²) < 4.78 is 24.2. The van der Waals surface area contributed by atoms with Crippen molar-refractivity contribution < 1.29 is 48.3 Å². The molecule has 53 heavy (non-hydrogen) atoms. The van der Waals surface area contributed by atoms with Gasteiger partial charge in [-0.1, -0.05) is 45.4 Å². The molecule has 0 saturated carbocycles. The van der Waals surface area contributed by atoms with E-state index in [2.05, 4.69) is 13.0 Å². The van der Waals surface area contributed by atoms with Crippen LogP contribution in [0, 0.1) is 29.6 Å². The maximum atomic E-state index is 14.2. The third-order valence-corrected chi connectivity index (χ3v) is 13.1. The monoisotopic (exact) mass is 763 g/mol. The lowest BCUT2D eigenvalue weighted by Gasteiger charge is -2.47.